The maximum absolute atomic E-state index is 12.4. The van der Waals surface area contributed by atoms with Gasteiger partial charge in [0.25, 0.3) is 15.9 Å². The van der Waals surface area contributed by atoms with E-state index in [-0.39, 0.29) is 16.3 Å². The summed E-state index contributed by atoms with van der Waals surface area (Å²) in [6.45, 7) is 0. The smallest absolute Gasteiger partial charge is 0.291 e. The van der Waals surface area contributed by atoms with Gasteiger partial charge in [-0.1, -0.05) is 6.07 Å². The average molecular weight is 367 g/mol. The number of anilines is 2. The molecule has 1 aromatic heterocycles. The van der Waals surface area contributed by atoms with Crippen molar-refractivity contribution in [2.45, 2.75) is 4.90 Å². The Morgan fingerprint density at radius 2 is 1.73 bits per heavy atom. The second kappa shape index (κ2) is 7.13. The molecule has 0 fully saturated rings. The molecule has 0 bridgehead atoms. The number of carbonyl (C=O) groups is 1. The van der Waals surface area contributed by atoms with E-state index in [0.717, 1.165) is 0 Å². The number of hydrogen-bond acceptors (Lipinski definition) is 5. The molecule has 1 heterocycles. The summed E-state index contributed by atoms with van der Waals surface area (Å²) in [5, 5.41) is 11.4. The molecular formula is C18H13N3O4S. The maximum atomic E-state index is 12.4. The number of nitrogens with zero attached hydrogens (tertiary/aromatic N) is 1. The minimum absolute atomic E-state index is 0.0292. The van der Waals surface area contributed by atoms with Crippen LogP contribution in [0.25, 0.3) is 0 Å². The average Bonchev–Trinajstić information content (AvgIpc) is 3.16. The molecule has 0 atom stereocenters. The molecular weight excluding hydrogens is 354 g/mol. The van der Waals surface area contributed by atoms with E-state index in [0.29, 0.717) is 11.3 Å². The lowest BCUT2D eigenvalue weighted by atomic mass is 10.2. The third-order valence-corrected chi connectivity index (χ3v) is 4.81. The van der Waals surface area contributed by atoms with Crippen LogP contribution < -0.4 is 10.0 Å². The lowest BCUT2D eigenvalue weighted by Crippen LogP contribution is -2.14. The first-order valence-corrected chi connectivity index (χ1v) is 8.94. The monoisotopic (exact) mass is 367 g/mol. The van der Waals surface area contributed by atoms with E-state index >= 15 is 0 Å². The predicted octanol–water partition coefficient (Wildman–Crippen LogP) is 3.20. The summed E-state index contributed by atoms with van der Waals surface area (Å²) in [7, 11) is -3.82. The van der Waals surface area contributed by atoms with Crippen molar-refractivity contribution in [3.8, 4) is 6.07 Å². The third-order valence-electron chi connectivity index (χ3n) is 3.41. The fraction of sp³-hybridized carbons (Fsp3) is 0. The van der Waals surface area contributed by atoms with E-state index in [4.69, 9.17) is 9.68 Å². The van der Waals surface area contributed by atoms with Gasteiger partial charge >= 0.3 is 0 Å². The Kier molecular flexibility index (Phi) is 4.73. The molecule has 0 aliphatic rings. The summed E-state index contributed by atoms with van der Waals surface area (Å²) >= 11 is 0. The molecule has 0 unspecified atom stereocenters. The Morgan fingerprint density at radius 3 is 2.38 bits per heavy atom. The zero-order valence-corrected chi connectivity index (χ0v) is 14.2. The zero-order chi connectivity index (χ0) is 18.6. The Bertz CT molecular complexity index is 1070. The topological polar surface area (TPSA) is 112 Å². The van der Waals surface area contributed by atoms with Crippen molar-refractivity contribution in [1.82, 2.24) is 0 Å². The van der Waals surface area contributed by atoms with E-state index in [1.807, 2.05) is 6.07 Å². The number of nitriles is 1. The highest BCUT2D eigenvalue weighted by Crippen LogP contribution is 2.20. The fourth-order valence-corrected chi connectivity index (χ4v) is 3.23. The predicted molar refractivity (Wildman–Crippen MR) is 95.1 cm³/mol. The number of nitrogens with one attached hydrogen (secondary N) is 2. The number of hydrogen-bond donors (Lipinski definition) is 2. The molecule has 3 aromatic rings. The summed E-state index contributed by atoms with van der Waals surface area (Å²) in [5.41, 5.74) is 1.06. The summed E-state index contributed by atoms with van der Waals surface area (Å²) in [6, 6.07) is 16.9. The molecule has 3 rings (SSSR count). The molecule has 0 spiro atoms. The number of sulfonamides is 1. The van der Waals surface area contributed by atoms with Gasteiger partial charge in [0.2, 0.25) is 0 Å². The van der Waals surface area contributed by atoms with Gasteiger partial charge in [0.1, 0.15) is 0 Å². The Balaban J connectivity index is 1.77. The number of rotatable bonds is 5. The van der Waals surface area contributed by atoms with Crippen LogP contribution in [0.5, 0.6) is 0 Å². The summed E-state index contributed by atoms with van der Waals surface area (Å²) < 4.78 is 32.3. The quantitative estimate of drug-likeness (QED) is 0.719. The minimum atomic E-state index is -3.82. The van der Waals surface area contributed by atoms with Gasteiger partial charge in [0, 0.05) is 5.69 Å². The molecule has 130 valence electrons. The first-order valence-electron chi connectivity index (χ1n) is 7.46. The molecule has 0 aliphatic heterocycles. The fourth-order valence-electron chi connectivity index (χ4n) is 2.18. The molecule has 7 nitrogen and oxygen atoms in total. The minimum Gasteiger partial charge on any atom is -0.459 e. The van der Waals surface area contributed by atoms with Crippen LogP contribution in [0.15, 0.2) is 76.2 Å². The summed E-state index contributed by atoms with van der Waals surface area (Å²) in [5.74, 6) is -0.296. The Hall–Kier alpha value is -3.57. The van der Waals surface area contributed by atoms with Crippen molar-refractivity contribution >= 4 is 27.3 Å². The van der Waals surface area contributed by atoms with Crippen molar-refractivity contribution in [2.75, 3.05) is 10.0 Å². The molecule has 0 aliphatic carbocycles. The van der Waals surface area contributed by atoms with Crippen molar-refractivity contribution in [3.63, 3.8) is 0 Å². The van der Waals surface area contributed by atoms with Crippen molar-refractivity contribution < 1.29 is 17.6 Å². The van der Waals surface area contributed by atoms with Crippen LogP contribution in [0.2, 0.25) is 0 Å². The van der Waals surface area contributed by atoms with E-state index in [2.05, 4.69) is 10.0 Å². The second-order valence-corrected chi connectivity index (χ2v) is 6.94. The maximum Gasteiger partial charge on any atom is 0.291 e. The Morgan fingerprint density at radius 1 is 1.00 bits per heavy atom. The van der Waals surface area contributed by atoms with Gasteiger partial charge in [-0.05, 0) is 54.6 Å². The highest BCUT2D eigenvalue weighted by Gasteiger charge is 2.15. The van der Waals surface area contributed by atoms with Gasteiger partial charge < -0.3 is 9.73 Å². The number of amides is 1. The molecule has 1 amide bonds. The first-order chi connectivity index (χ1) is 12.5. The number of benzene rings is 2. The van der Waals surface area contributed by atoms with Crippen LogP contribution in [-0.4, -0.2) is 14.3 Å². The summed E-state index contributed by atoms with van der Waals surface area (Å²) in [6.07, 6.45) is 1.39. The lowest BCUT2D eigenvalue weighted by Gasteiger charge is -2.10. The largest absolute Gasteiger partial charge is 0.459 e. The molecule has 0 saturated carbocycles. The van der Waals surface area contributed by atoms with Crippen molar-refractivity contribution in [2.24, 2.45) is 0 Å². The van der Waals surface area contributed by atoms with Crippen LogP contribution in [0.4, 0.5) is 11.4 Å². The van der Waals surface area contributed by atoms with E-state index in [1.165, 1.54) is 42.7 Å². The first kappa shape index (κ1) is 17.3. The highest BCUT2D eigenvalue weighted by atomic mass is 32.2. The van der Waals surface area contributed by atoms with Crippen molar-refractivity contribution in [3.05, 3.63) is 78.3 Å². The van der Waals surface area contributed by atoms with E-state index in [1.54, 1.807) is 24.3 Å². The molecule has 8 heteroatoms. The third kappa shape index (κ3) is 3.91. The standard InChI is InChI=1S/C18H13N3O4S/c19-12-13-6-8-16(9-7-13)26(23,24)21-15-4-1-3-14(11-15)20-18(22)17-5-2-10-25-17/h1-11,21H,(H,20,22). The van der Waals surface area contributed by atoms with Crippen LogP contribution in [0.1, 0.15) is 16.1 Å². The lowest BCUT2D eigenvalue weighted by molar-refractivity contribution is 0.0996. The van der Waals surface area contributed by atoms with Gasteiger partial charge in [-0.3, -0.25) is 9.52 Å². The second-order valence-electron chi connectivity index (χ2n) is 5.25. The van der Waals surface area contributed by atoms with Crippen LogP contribution in [0.3, 0.4) is 0 Å². The number of carbonyl (C=O) groups excluding carboxylic acids is 1. The number of furan rings is 1. The van der Waals surface area contributed by atoms with Crippen LogP contribution >= 0.6 is 0 Å². The Labute approximate surface area is 149 Å². The van der Waals surface area contributed by atoms with Crippen LogP contribution in [0, 0.1) is 11.3 Å². The molecule has 26 heavy (non-hydrogen) atoms. The van der Waals surface area contributed by atoms with Gasteiger partial charge in [0.05, 0.1) is 28.5 Å². The van der Waals surface area contributed by atoms with Gasteiger partial charge in [-0.2, -0.15) is 5.26 Å². The van der Waals surface area contributed by atoms with E-state index in [9.17, 15) is 13.2 Å². The van der Waals surface area contributed by atoms with Gasteiger partial charge in [-0.15, -0.1) is 0 Å². The molecule has 0 radical (unpaired) electrons. The normalized spacial score (nSPS) is 10.7. The summed E-state index contributed by atoms with van der Waals surface area (Å²) in [4.78, 5) is 12.0. The molecule has 2 aromatic carbocycles. The van der Waals surface area contributed by atoms with Crippen LogP contribution in [-0.2, 0) is 10.0 Å². The van der Waals surface area contributed by atoms with Crippen molar-refractivity contribution in [1.29, 1.82) is 5.26 Å². The highest BCUT2D eigenvalue weighted by molar-refractivity contribution is 7.92. The SMILES string of the molecule is N#Cc1ccc(S(=O)(=O)Nc2cccc(NC(=O)c3ccco3)c2)cc1. The van der Waals surface area contributed by atoms with Gasteiger partial charge in [0.15, 0.2) is 5.76 Å². The van der Waals surface area contributed by atoms with E-state index < -0.39 is 15.9 Å². The molecule has 0 saturated heterocycles. The van der Waals surface area contributed by atoms with Gasteiger partial charge in [-0.25, -0.2) is 8.42 Å². The zero-order valence-electron chi connectivity index (χ0n) is 13.3. The molecule has 2 N–H and O–H groups in total.